The number of carbonyl (C=O) groups excluding carboxylic acids is 2. The topological polar surface area (TPSA) is 120 Å². The molecular formula is C23H24ClFN4O5S2. The highest BCUT2D eigenvalue weighted by atomic mass is 35.5. The lowest BCUT2D eigenvalue weighted by molar-refractivity contribution is -0.139. The van der Waals surface area contributed by atoms with Gasteiger partial charge in [-0.25, -0.2) is 18.3 Å². The fourth-order valence-corrected chi connectivity index (χ4v) is 6.88. The van der Waals surface area contributed by atoms with Crippen molar-refractivity contribution in [1.82, 2.24) is 19.7 Å². The Balaban J connectivity index is 0.00000361. The normalized spacial score (nSPS) is 16.3. The zero-order valence-electron chi connectivity index (χ0n) is 18.9. The summed E-state index contributed by atoms with van der Waals surface area (Å²) in [5.41, 5.74) is 3.07. The van der Waals surface area contributed by atoms with Crippen molar-refractivity contribution in [2.75, 3.05) is 19.6 Å². The lowest BCUT2D eigenvalue weighted by Gasteiger charge is -2.39. The van der Waals surface area contributed by atoms with Gasteiger partial charge in [-0.3, -0.25) is 19.8 Å². The molecule has 4 rings (SSSR count). The van der Waals surface area contributed by atoms with Crippen molar-refractivity contribution in [3.8, 4) is 10.4 Å². The largest absolute Gasteiger partial charge is 0.339 e. The zero-order valence-corrected chi connectivity index (χ0v) is 21.4. The second kappa shape index (κ2) is 11.9. The first kappa shape index (κ1) is 27.7. The van der Waals surface area contributed by atoms with Crippen LogP contribution in [0, 0.1) is 5.82 Å². The number of benzene rings is 1. The van der Waals surface area contributed by atoms with E-state index in [4.69, 9.17) is 0 Å². The highest BCUT2D eigenvalue weighted by molar-refractivity contribution is 7.91. The van der Waals surface area contributed by atoms with E-state index in [1.54, 1.807) is 36.7 Å². The summed E-state index contributed by atoms with van der Waals surface area (Å²) in [6, 6.07) is 11.1. The molecule has 3 aromatic rings. The molecule has 1 aliphatic rings. The third-order valence-electron chi connectivity index (χ3n) is 5.72. The van der Waals surface area contributed by atoms with Gasteiger partial charge in [0.2, 0.25) is 5.91 Å². The minimum Gasteiger partial charge on any atom is -0.339 e. The summed E-state index contributed by atoms with van der Waals surface area (Å²) < 4.78 is 41.1. The maximum absolute atomic E-state index is 13.4. The van der Waals surface area contributed by atoms with E-state index in [0.717, 1.165) is 21.2 Å². The van der Waals surface area contributed by atoms with E-state index in [1.165, 1.54) is 28.6 Å². The molecule has 0 spiro atoms. The lowest BCUT2D eigenvalue weighted by Crippen LogP contribution is -2.61. The molecule has 1 aromatic carbocycles. The number of piperazine rings is 1. The fourth-order valence-electron chi connectivity index (χ4n) is 3.87. The average molecular weight is 555 g/mol. The second-order valence-electron chi connectivity index (χ2n) is 7.93. The molecule has 9 nitrogen and oxygen atoms in total. The van der Waals surface area contributed by atoms with E-state index in [0.29, 0.717) is 16.9 Å². The molecule has 0 saturated carbocycles. The third kappa shape index (κ3) is 6.08. The number of hydrogen-bond acceptors (Lipinski definition) is 7. The first-order valence-corrected chi connectivity index (χ1v) is 13.0. The Morgan fingerprint density at radius 2 is 1.89 bits per heavy atom. The van der Waals surface area contributed by atoms with Gasteiger partial charge in [-0.2, -0.15) is 4.31 Å². The molecule has 2 amide bonds. The van der Waals surface area contributed by atoms with Crippen LogP contribution in [0.25, 0.3) is 10.4 Å². The summed E-state index contributed by atoms with van der Waals surface area (Å²) in [6.07, 6.45) is 3.95. The van der Waals surface area contributed by atoms with E-state index < -0.39 is 27.8 Å². The Morgan fingerprint density at radius 3 is 2.56 bits per heavy atom. The van der Waals surface area contributed by atoms with Crippen molar-refractivity contribution in [3.05, 3.63) is 72.3 Å². The summed E-state index contributed by atoms with van der Waals surface area (Å²) in [4.78, 5) is 31.2. The Hall–Kier alpha value is -2.90. The molecule has 0 unspecified atom stereocenters. The number of amides is 2. The summed E-state index contributed by atoms with van der Waals surface area (Å²) in [5.74, 6) is -1.55. The van der Waals surface area contributed by atoms with Crippen LogP contribution in [0.5, 0.6) is 0 Å². The summed E-state index contributed by atoms with van der Waals surface area (Å²) >= 11 is 0.994. The minimum absolute atomic E-state index is 0. The number of rotatable bonds is 7. The monoisotopic (exact) mass is 554 g/mol. The molecule has 1 aliphatic heterocycles. The summed E-state index contributed by atoms with van der Waals surface area (Å²) in [7, 11) is -4.11. The first-order valence-electron chi connectivity index (χ1n) is 10.8. The Kier molecular flexibility index (Phi) is 9.14. The van der Waals surface area contributed by atoms with Gasteiger partial charge in [0.25, 0.3) is 15.9 Å². The van der Waals surface area contributed by atoms with Crippen molar-refractivity contribution in [2.24, 2.45) is 0 Å². The quantitative estimate of drug-likeness (QED) is 0.342. The van der Waals surface area contributed by atoms with E-state index in [2.05, 4.69) is 4.98 Å². The minimum atomic E-state index is -4.11. The van der Waals surface area contributed by atoms with Gasteiger partial charge in [0.15, 0.2) is 0 Å². The molecular weight excluding hydrogens is 531 g/mol. The molecule has 2 N–H and O–H groups in total. The standard InChI is InChI=1S/C23H23FN4O5S2.ClH/c24-18-6-4-17(5-7-18)20-8-10-22(34-20)35(32,33)28-13-12-27(15-19(28)23(30)26-31)21(29)9-3-16-2-1-11-25-14-16;/h1-2,4-8,10-11,14,19,31H,3,9,12-13,15H2,(H,26,30);1H/t19-;/m1./s1. The van der Waals surface area contributed by atoms with Gasteiger partial charge < -0.3 is 4.90 Å². The summed E-state index contributed by atoms with van der Waals surface area (Å²) in [5, 5.41) is 9.23. The smallest absolute Gasteiger partial charge is 0.263 e. The lowest BCUT2D eigenvalue weighted by atomic mass is 10.1. The Labute approximate surface area is 218 Å². The summed E-state index contributed by atoms with van der Waals surface area (Å²) in [6.45, 7) is -0.187. The maximum atomic E-state index is 13.4. The molecule has 36 heavy (non-hydrogen) atoms. The van der Waals surface area contributed by atoms with E-state index >= 15 is 0 Å². The van der Waals surface area contributed by atoms with Gasteiger partial charge in [-0.15, -0.1) is 23.7 Å². The average Bonchev–Trinajstić information content (AvgIpc) is 3.39. The van der Waals surface area contributed by atoms with Gasteiger partial charge in [0.1, 0.15) is 16.1 Å². The van der Waals surface area contributed by atoms with Gasteiger partial charge in [-0.05, 0) is 47.9 Å². The third-order valence-corrected chi connectivity index (χ3v) is 9.23. The number of sulfonamides is 1. The van der Waals surface area contributed by atoms with E-state index in [1.807, 2.05) is 6.07 Å². The Bertz CT molecular complexity index is 1310. The molecule has 1 atom stereocenters. The van der Waals surface area contributed by atoms with Crippen molar-refractivity contribution in [1.29, 1.82) is 0 Å². The van der Waals surface area contributed by atoms with Gasteiger partial charge >= 0.3 is 0 Å². The zero-order chi connectivity index (χ0) is 25.0. The number of nitrogens with one attached hydrogen (secondary N) is 1. The van der Waals surface area contributed by atoms with Crippen LogP contribution in [0.3, 0.4) is 0 Å². The van der Waals surface area contributed by atoms with Crippen molar-refractivity contribution in [2.45, 2.75) is 23.1 Å². The number of halogens is 2. The number of pyridine rings is 1. The number of aromatic nitrogens is 1. The number of thiophene rings is 1. The molecule has 1 saturated heterocycles. The SMILES string of the molecule is Cl.O=C(NO)[C@H]1CN(C(=O)CCc2cccnc2)CCN1S(=O)(=O)c1ccc(-c2ccc(F)cc2)s1. The number of hydroxylamine groups is 1. The molecule has 3 heterocycles. The predicted octanol–water partition coefficient (Wildman–Crippen LogP) is 2.71. The van der Waals surface area contributed by atoms with Crippen LogP contribution in [-0.2, 0) is 26.0 Å². The first-order chi connectivity index (χ1) is 16.8. The maximum Gasteiger partial charge on any atom is 0.263 e. The molecule has 0 radical (unpaired) electrons. The van der Waals surface area contributed by atoms with Crippen molar-refractivity contribution in [3.63, 3.8) is 0 Å². The number of aryl methyl sites for hydroxylation is 1. The molecule has 0 bridgehead atoms. The molecule has 13 heteroatoms. The van der Waals surface area contributed by atoms with Crippen LogP contribution < -0.4 is 5.48 Å². The highest BCUT2D eigenvalue weighted by Gasteiger charge is 2.41. The van der Waals surface area contributed by atoms with Crippen molar-refractivity contribution < 1.29 is 27.6 Å². The number of carbonyl (C=O) groups is 2. The number of hydrogen-bond donors (Lipinski definition) is 2. The second-order valence-corrected chi connectivity index (χ2v) is 11.1. The highest BCUT2D eigenvalue weighted by Crippen LogP contribution is 2.33. The van der Waals surface area contributed by atoms with Crippen LogP contribution in [0.15, 0.2) is 65.1 Å². The van der Waals surface area contributed by atoms with Crippen molar-refractivity contribution >= 4 is 45.6 Å². The van der Waals surface area contributed by atoms with Crippen LogP contribution in [-0.4, -0.2) is 65.3 Å². The van der Waals surface area contributed by atoms with Crippen LogP contribution >= 0.6 is 23.7 Å². The van der Waals surface area contributed by atoms with Crippen LogP contribution in [0.4, 0.5) is 4.39 Å². The van der Waals surface area contributed by atoms with E-state index in [-0.39, 0.29) is 48.6 Å². The molecule has 192 valence electrons. The van der Waals surface area contributed by atoms with Gasteiger partial charge in [0, 0.05) is 43.3 Å². The molecule has 1 fully saturated rings. The molecule has 2 aromatic heterocycles. The predicted molar refractivity (Wildman–Crippen MR) is 134 cm³/mol. The van der Waals surface area contributed by atoms with Gasteiger partial charge in [0.05, 0.1) is 0 Å². The van der Waals surface area contributed by atoms with Crippen LogP contribution in [0.2, 0.25) is 0 Å². The van der Waals surface area contributed by atoms with E-state index in [9.17, 15) is 27.6 Å². The number of nitrogens with zero attached hydrogens (tertiary/aromatic N) is 3. The van der Waals surface area contributed by atoms with Gasteiger partial charge in [-0.1, -0.05) is 18.2 Å². The fraction of sp³-hybridized carbons (Fsp3) is 0.261. The van der Waals surface area contributed by atoms with Crippen LogP contribution in [0.1, 0.15) is 12.0 Å². The Morgan fingerprint density at radius 1 is 1.14 bits per heavy atom. The molecule has 0 aliphatic carbocycles.